The standard InChI is InChI=1S/C16H21N3O3/c1-12-15(20)22-16(18-12)17-10-13-3-2-4-14(9-13)11-19-5-7-21-8-6-19/h2-4,9,12H,5-8,10-11H2,1H3,(H,17,18)/t12-/m0/s1. The van der Waals surface area contributed by atoms with Crippen LogP contribution in [0.15, 0.2) is 29.3 Å². The molecule has 6 heteroatoms. The van der Waals surface area contributed by atoms with Gasteiger partial charge in [-0.2, -0.15) is 0 Å². The van der Waals surface area contributed by atoms with Crippen LogP contribution in [0.2, 0.25) is 0 Å². The Bertz CT molecular complexity index is 568. The first-order valence-corrected chi connectivity index (χ1v) is 7.61. The van der Waals surface area contributed by atoms with Crippen LogP contribution in [0.5, 0.6) is 0 Å². The fourth-order valence-corrected chi connectivity index (χ4v) is 2.54. The van der Waals surface area contributed by atoms with Crippen molar-refractivity contribution >= 4 is 12.0 Å². The predicted octanol–water partition coefficient (Wildman–Crippen LogP) is 0.910. The van der Waals surface area contributed by atoms with Crippen molar-refractivity contribution in [2.45, 2.75) is 26.1 Å². The summed E-state index contributed by atoms with van der Waals surface area (Å²) in [7, 11) is 0. The summed E-state index contributed by atoms with van der Waals surface area (Å²) in [5, 5.41) is 2.91. The fraction of sp³-hybridized carbons (Fsp3) is 0.500. The topological polar surface area (TPSA) is 63.2 Å². The summed E-state index contributed by atoms with van der Waals surface area (Å²) >= 11 is 0. The van der Waals surface area contributed by atoms with Gasteiger partial charge in [0, 0.05) is 19.6 Å². The third-order valence-corrected chi connectivity index (χ3v) is 3.80. The molecular weight excluding hydrogens is 282 g/mol. The second-order valence-electron chi connectivity index (χ2n) is 5.62. The Kier molecular flexibility index (Phi) is 4.70. The molecule has 118 valence electrons. The minimum atomic E-state index is -0.314. The number of carbonyl (C=O) groups excluding carboxylic acids is 1. The number of aliphatic imine (C=N–C) groups is 1. The van der Waals surface area contributed by atoms with Gasteiger partial charge in [-0.25, -0.2) is 9.79 Å². The normalized spacial score (nSPS) is 24.3. The Hall–Kier alpha value is -1.92. The predicted molar refractivity (Wildman–Crippen MR) is 82.4 cm³/mol. The molecule has 6 nitrogen and oxygen atoms in total. The number of rotatable bonds is 4. The first-order chi connectivity index (χ1) is 10.7. The SMILES string of the molecule is C[C@@H]1NC(=NCc2cccc(CN3CCOCC3)c2)OC1=O. The van der Waals surface area contributed by atoms with Gasteiger partial charge in [0.05, 0.1) is 19.8 Å². The summed E-state index contributed by atoms with van der Waals surface area (Å²) in [5.41, 5.74) is 2.38. The van der Waals surface area contributed by atoms with Gasteiger partial charge >= 0.3 is 5.97 Å². The van der Waals surface area contributed by atoms with Crippen LogP contribution in [0.1, 0.15) is 18.1 Å². The van der Waals surface area contributed by atoms with Crippen molar-refractivity contribution in [3.8, 4) is 0 Å². The number of amidine groups is 1. The van der Waals surface area contributed by atoms with Crippen molar-refractivity contribution in [1.82, 2.24) is 10.2 Å². The van der Waals surface area contributed by atoms with Crippen LogP contribution in [-0.2, 0) is 27.4 Å². The van der Waals surface area contributed by atoms with Gasteiger partial charge in [-0.3, -0.25) is 4.90 Å². The second-order valence-corrected chi connectivity index (χ2v) is 5.62. The molecule has 0 saturated carbocycles. The van der Waals surface area contributed by atoms with Crippen LogP contribution >= 0.6 is 0 Å². The zero-order chi connectivity index (χ0) is 15.4. The van der Waals surface area contributed by atoms with E-state index < -0.39 is 0 Å². The Labute approximate surface area is 130 Å². The number of nitrogens with zero attached hydrogens (tertiary/aromatic N) is 2. The molecule has 0 bridgehead atoms. The molecule has 0 aliphatic carbocycles. The summed E-state index contributed by atoms with van der Waals surface area (Å²) in [6.45, 7) is 6.75. The number of ether oxygens (including phenoxy) is 2. The molecule has 2 aliphatic rings. The third kappa shape index (κ3) is 3.84. The highest BCUT2D eigenvalue weighted by Crippen LogP contribution is 2.11. The summed E-state index contributed by atoms with van der Waals surface area (Å²) in [6, 6.07) is 8.36. The lowest BCUT2D eigenvalue weighted by atomic mass is 10.1. The van der Waals surface area contributed by atoms with E-state index in [0.717, 1.165) is 38.4 Å². The monoisotopic (exact) mass is 303 g/mol. The molecule has 2 heterocycles. The molecule has 3 rings (SSSR count). The first kappa shape index (κ1) is 15.0. The zero-order valence-electron chi connectivity index (χ0n) is 12.7. The molecule has 2 aliphatic heterocycles. The van der Waals surface area contributed by atoms with Gasteiger partial charge in [0.25, 0.3) is 6.02 Å². The molecular formula is C16H21N3O3. The van der Waals surface area contributed by atoms with E-state index >= 15 is 0 Å². The van der Waals surface area contributed by atoms with Crippen LogP contribution in [0.3, 0.4) is 0 Å². The van der Waals surface area contributed by atoms with Crippen LogP contribution < -0.4 is 5.32 Å². The minimum absolute atomic E-state index is 0.278. The van der Waals surface area contributed by atoms with Crippen LogP contribution in [-0.4, -0.2) is 49.2 Å². The van der Waals surface area contributed by atoms with Crippen molar-refractivity contribution in [2.75, 3.05) is 26.3 Å². The average Bonchev–Trinajstić information content (AvgIpc) is 2.85. The molecule has 2 fully saturated rings. The number of hydrogen-bond donors (Lipinski definition) is 1. The number of benzene rings is 1. The van der Waals surface area contributed by atoms with Crippen molar-refractivity contribution in [3.63, 3.8) is 0 Å². The van der Waals surface area contributed by atoms with E-state index in [0.29, 0.717) is 12.6 Å². The smallest absolute Gasteiger partial charge is 0.336 e. The van der Waals surface area contributed by atoms with Crippen molar-refractivity contribution < 1.29 is 14.3 Å². The first-order valence-electron chi connectivity index (χ1n) is 7.61. The van der Waals surface area contributed by atoms with E-state index in [1.807, 2.05) is 12.1 Å². The van der Waals surface area contributed by atoms with Crippen LogP contribution in [0, 0.1) is 0 Å². The lowest BCUT2D eigenvalue weighted by Crippen LogP contribution is -2.35. The number of hydrogen-bond acceptors (Lipinski definition) is 5. The lowest BCUT2D eigenvalue weighted by Gasteiger charge is -2.26. The average molecular weight is 303 g/mol. The molecule has 0 spiro atoms. The quantitative estimate of drug-likeness (QED) is 0.838. The summed E-state index contributed by atoms with van der Waals surface area (Å²) in [6.07, 6.45) is 0. The number of esters is 1. The highest BCUT2D eigenvalue weighted by atomic mass is 16.6. The number of morpholine rings is 1. The molecule has 2 saturated heterocycles. The maximum Gasteiger partial charge on any atom is 0.336 e. The van der Waals surface area contributed by atoms with E-state index in [4.69, 9.17) is 9.47 Å². The maximum atomic E-state index is 11.3. The Morgan fingerprint density at radius 3 is 2.82 bits per heavy atom. The largest absolute Gasteiger partial charge is 0.391 e. The fourth-order valence-electron chi connectivity index (χ4n) is 2.54. The van der Waals surface area contributed by atoms with E-state index in [1.54, 1.807) is 6.92 Å². The highest BCUT2D eigenvalue weighted by molar-refractivity contribution is 5.97. The van der Waals surface area contributed by atoms with E-state index in [9.17, 15) is 4.79 Å². The van der Waals surface area contributed by atoms with Gasteiger partial charge in [-0.15, -0.1) is 0 Å². The Morgan fingerprint density at radius 2 is 2.09 bits per heavy atom. The van der Waals surface area contributed by atoms with Crippen molar-refractivity contribution in [3.05, 3.63) is 35.4 Å². The van der Waals surface area contributed by atoms with E-state index in [2.05, 4.69) is 27.3 Å². The van der Waals surface area contributed by atoms with Crippen molar-refractivity contribution in [2.24, 2.45) is 4.99 Å². The number of carbonyl (C=O) groups is 1. The van der Waals surface area contributed by atoms with Gasteiger partial charge in [0.1, 0.15) is 6.04 Å². The van der Waals surface area contributed by atoms with E-state index in [-0.39, 0.29) is 12.0 Å². The van der Waals surface area contributed by atoms with Crippen LogP contribution in [0.25, 0.3) is 0 Å². The third-order valence-electron chi connectivity index (χ3n) is 3.80. The molecule has 0 amide bonds. The Morgan fingerprint density at radius 1 is 1.32 bits per heavy atom. The number of nitrogens with one attached hydrogen (secondary N) is 1. The zero-order valence-corrected chi connectivity index (χ0v) is 12.7. The summed E-state index contributed by atoms with van der Waals surface area (Å²) < 4.78 is 10.4. The molecule has 1 atom stereocenters. The van der Waals surface area contributed by atoms with Gasteiger partial charge in [0.15, 0.2) is 0 Å². The Balaban J connectivity index is 1.59. The van der Waals surface area contributed by atoms with E-state index in [1.165, 1.54) is 5.56 Å². The number of cyclic esters (lactones) is 1. The molecule has 1 aromatic carbocycles. The van der Waals surface area contributed by atoms with Gasteiger partial charge in [0.2, 0.25) is 0 Å². The second kappa shape index (κ2) is 6.89. The lowest BCUT2D eigenvalue weighted by molar-refractivity contribution is -0.134. The van der Waals surface area contributed by atoms with Gasteiger partial charge in [-0.05, 0) is 18.1 Å². The van der Waals surface area contributed by atoms with Crippen LogP contribution in [0.4, 0.5) is 0 Å². The summed E-state index contributed by atoms with van der Waals surface area (Å²) in [5.74, 6) is -0.278. The summed E-state index contributed by atoms with van der Waals surface area (Å²) in [4.78, 5) is 18.0. The highest BCUT2D eigenvalue weighted by Gasteiger charge is 2.26. The molecule has 1 N–H and O–H groups in total. The van der Waals surface area contributed by atoms with Gasteiger partial charge < -0.3 is 14.8 Å². The molecule has 0 unspecified atom stereocenters. The van der Waals surface area contributed by atoms with Crippen molar-refractivity contribution in [1.29, 1.82) is 0 Å². The molecule has 0 aromatic heterocycles. The molecule has 1 aromatic rings. The minimum Gasteiger partial charge on any atom is -0.391 e. The maximum absolute atomic E-state index is 11.3. The molecule has 0 radical (unpaired) electrons. The molecule has 22 heavy (non-hydrogen) atoms. The van der Waals surface area contributed by atoms with Gasteiger partial charge in [-0.1, -0.05) is 24.3 Å².